The summed E-state index contributed by atoms with van der Waals surface area (Å²) in [7, 11) is 6.56. The number of methoxy groups -OCH3 is 4. The van der Waals surface area contributed by atoms with Gasteiger partial charge in [-0.3, -0.25) is 4.79 Å². The van der Waals surface area contributed by atoms with Crippen LogP contribution in [-0.4, -0.2) is 45.8 Å². The highest BCUT2D eigenvalue weighted by atomic mass is 32.2. The van der Waals surface area contributed by atoms with Gasteiger partial charge in [-0.05, 0) is 53.4 Å². The van der Waals surface area contributed by atoms with Crippen molar-refractivity contribution in [2.24, 2.45) is 0 Å². The van der Waals surface area contributed by atoms with Gasteiger partial charge in [0.25, 0.3) is 0 Å². The Morgan fingerprint density at radius 3 is 2.23 bits per heavy atom. The highest BCUT2D eigenvalue weighted by Crippen LogP contribution is 2.54. The molecule has 6 nitrogen and oxygen atoms in total. The van der Waals surface area contributed by atoms with Gasteiger partial charge >= 0.3 is 0 Å². The molecule has 3 aromatic carbocycles. The summed E-state index contributed by atoms with van der Waals surface area (Å²) in [5.74, 6) is 2.76. The molecule has 5 rings (SSSR count). The molecule has 2 aliphatic heterocycles. The van der Waals surface area contributed by atoms with Crippen molar-refractivity contribution in [3.8, 4) is 23.0 Å². The van der Waals surface area contributed by atoms with Crippen molar-refractivity contribution in [3.63, 3.8) is 0 Å². The van der Waals surface area contributed by atoms with Gasteiger partial charge in [0, 0.05) is 17.0 Å². The maximum Gasteiger partial charge on any atom is 0.227 e. The molecule has 2 heterocycles. The number of carbonyl (C=O) groups excluding carboxylic acids is 1. The molecule has 0 N–H and O–H groups in total. The van der Waals surface area contributed by atoms with Gasteiger partial charge in [0.15, 0.2) is 23.0 Å². The number of rotatable bonds is 6. The molecule has 35 heavy (non-hydrogen) atoms. The summed E-state index contributed by atoms with van der Waals surface area (Å²) in [5.41, 5.74) is 4.32. The summed E-state index contributed by atoms with van der Waals surface area (Å²) in [4.78, 5) is 16.8. The van der Waals surface area contributed by atoms with Crippen LogP contribution in [-0.2, 0) is 17.6 Å². The molecule has 0 aromatic heterocycles. The van der Waals surface area contributed by atoms with Crippen molar-refractivity contribution >= 4 is 17.7 Å². The Hall–Kier alpha value is -3.32. The van der Waals surface area contributed by atoms with E-state index >= 15 is 0 Å². The third kappa shape index (κ3) is 4.08. The first kappa shape index (κ1) is 23.4. The number of fused-ring (bicyclic) bond motifs is 4. The second-order valence-electron chi connectivity index (χ2n) is 8.59. The van der Waals surface area contributed by atoms with Crippen molar-refractivity contribution in [1.29, 1.82) is 0 Å². The number of hydrogen-bond acceptors (Lipinski definition) is 6. The molecule has 0 bridgehead atoms. The average Bonchev–Trinajstić information content (AvgIpc) is 3.05. The van der Waals surface area contributed by atoms with E-state index in [2.05, 4.69) is 30.3 Å². The van der Waals surface area contributed by atoms with Crippen LogP contribution >= 0.6 is 11.8 Å². The predicted octanol–water partition coefficient (Wildman–Crippen LogP) is 5.24. The molecule has 0 saturated carbocycles. The minimum absolute atomic E-state index is 0.0594. The molecule has 1 amide bonds. The van der Waals surface area contributed by atoms with Crippen molar-refractivity contribution in [1.82, 2.24) is 4.90 Å². The van der Waals surface area contributed by atoms with Gasteiger partial charge in [0.1, 0.15) is 0 Å². The molecule has 0 spiro atoms. The van der Waals surface area contributed by atoms with Crippen LogP contribution in [0.4, 0.5) is 0 Å². The third-order valence-corrected chi connectivity index (χ3v) is 8.16. The summed E-state index contributed by atoms with van der Waals surface area (Å²) in [6.07, 6.45) is 1.03. The van der Waals surface area contributed by atoms with E-state index in [9.17, 15) is 4.79 Å². The lowest BCUT2D eigenvalue weighted by Gasteiger charge is -2.40. The predicted molar refractivity (Wildman–Crippen MR) is 136 cm³/mol. The molecule has 2 atom stereocenters. The Labute approximate surface area is 210 Å². The van der Waals surface area contributed by atoms with Crippen molar-refractivity contribution < 1.29 is 23.7 Å². The first-order valence-electron chi connectivity index (χ1n) is 11.6. The molecule has 0 saturated heterocycles. The Morgan fingerprint density at radius 2 is 1.54 bits per heavy atom. The molecular weight excluding hydrogens is 462 g/mol. The van der Waals surface area contributed by atoms with Crippen LogP contribution in [0.1, 0.15) is 33.5 Å². The number of hydrogen-bond donors (Lipinski definition) is 0. The fourth-order valence-electron chi connectivity index (χ4n) is 5.23. The molecule has 2 unspecified atom stereocenters. The zero-order valence-corrected chi connectivity index (χ0v) is 21.2. The number of amides is 1. The lowest BCUT2D eigenvalue weighted by Crippen LogP contribution is -2.42. The second kappa shape index (κ2) is 9.74. The van der Waals surface area contributed by atoms with E-state index in [0.29, 0.717) is 29.5 Å². The quantitative estimate of drug-likeness (QED) is 0.470. The molecule has 182 valence electrons. The van der Waals surface area contributed by atoms with Gasteiger partial charge in [-0.1, -0.05) is 24.3 Å². The molecule has 2 aliphatic rings. The van der Waals surface area contributed by atoms with E-state index in [1.54, 1.807) is 40.2 Å². The minimum Gasteiger partial charge on any atom is -0.493 e. The second-order valence-corrected chi connectivity index (χ2v) is 9.80. The number of thioether (sulfide) groups is 1. The number of benzene rings is 3. The Balaban J connectivity index is 1.74. The van der Waals surface area contributed by atoms with Crippen LogP contribution in [0.3, 0.4) is 0 Å². The highest BCUT2D eigenvalue weighted by Gasteiger charge is 2.43. The fourth-order valence-corrected chi connectivity index (χ4v) is 6.61. The smallest absolute Gasteiger partial charge is 0.227 e. The number of carbonyl (C=O) groups is 1. The molecule has 0 radical (unpaired) electrons. The Kier molecular flexibility index (Phi) is 6.52. The highest BCUT2D eigenvalue weighted by molar-refractivity contribution is 7.99. The summed E-state index contributed by atoms with van der Waals surface area (Å²) >= 11 is 1.77. The monoisotopic (exact) mass is 491 g/mol. The van der Waals surface area contributed by atoms with Crippen molar-refractivity contribution in [2.45, 2.75) is 29.0 Å². The van der Waals surface area contributed by atoms with Gasteiger partial charge in [-0.15, -0.1) is 11.8 Å². The number of ether oxygens (including phenoxy) is 4. The minimum atomic E-state index is -0.171. The summed E-state index contributed by atoms with van der Waals surface area (Å²) in [5, 5.41) is -0.0594. The van der Waals surface area contributed by atoms with Crippen LogP contribution in [0.15, 0.2) is 59.5 Å². The summed E-state index contributed by atoms with van der Waals surface area (Å²) in [6, 6.07) is 18.3. The van der Waals surface area contributed by atoms with Gasteiger partial charge < -0.3 is 23.8 Å². The first-order valence-corrected chi connectivity index (χ1v) is 12.5. The largest absolute Gasteiger partial charge is 0.493 e. The maximum absolute atomic E-state index is 13.6. The zero-order valence-electron chi connectivity index (χ0n) is 20.4. The van der Waals surface area contributed by atoms with Crippen LogP contribution in [0.2, 0.25) is 0 Å². The lowest BCUT2D eigenvalue weighted by atomic mass is 9.87. The van der Waals surface area contributed by atoms with Crippen molar-refractivity contribution in [2.75, 3.05) is 35.0 Å². The lowest BCUT2D eigenvalue weighted by molar-refractivity contribution is -0.134. The number of nitrogens with zero attached hydrogens (tertiary/aromatic N) is 1. The van der Waals surface area contributed by atoms with Gasteiger partial charge in [-0.2, -0.15) is 0 Å². The Morgan fingerprint density at radius 1 is 0.829 bits per heavy atom. The zero-order chi connectivity index (χ0) is 24.5. The summed E-state index contributed by atoms with van der Waals surface area (Å²) < 4.78 is 22.6. The third-order valence-electron chi connectivity index (χ3n) is 6.85. The van der Waals surface area contributed by atoms with Crippen molar-refractivity contribution in [3.05, 3.63) is 76.9 Å². The first-order chi connectivity index (χ1) is 17.1. The fraction of sp³-hybridized carbons (Fsp3) is 0.321. The van der Waals surface area contributed by atoms with Crippen LogP contribution < -0.4 is 18.9 Å². The maximum atomic E-state index is 13.6. The van der Waals surface area contributed by atoms with Crippen LogP contribution in [0.25, 0.3) is 0 Å². The topological polar surface area (TPSA) is 57.2 Å². The van der Waals surface area contributed by atoms with Gasteiger partial charge in [-0.25, -0.2) is 0 Å². The summed E-state index contributed by atoms with van der Waals surface area (Å²) in [6.45, 7) is 0.631. The van der Waals surface area contributed by atoms with E-state index in [1.165, 1.54) is 5.56 Å². The van der Waals surface area contributed by atoms with E-state index < -0.39 is 0 Å². The van der Waals surface area contributed by atoms with E-state index in [1.807, 2.05) is 29.2 Å². The molecule has 0 fully saturated rings. The molecule has 3 aromatic rings. The van der Waals surface area contributed by atoms with Gasteiger partial charge in [0.2, 0.25) is 5.91 Å². The standard InChI is InChI=1S/C28H29NO5S/c1-31-22-11-10-19-21(27(22)34-4)16-25(30)29-13-12-17-14-23(32-2)24(33-3)15-20(17)28(26(19)29)35-18-8-6-5-7-9-18/h5-11,14-15,26,28H,12-13,16H2,1-4H3. The Bertz CT molecular complexity index is 1250. The van der Waals surface area contributed by atoms with E-state index in [-0.39, 0.29) is 23.6 Å². The van der Waals surface area contributed by atoms with E-state index in [4.69, 9.17) is 18.9 Å². The molecule has 0 aliphatic carbocycles. The van der Waals surface area contributed by atoms with Gasteiger partial charge in [0.05, 0.1) is 46.2 Å². The SMILES string of the molecule is COc1cc2c(cc1OC)C(Sc1ccccc1)C1c3ccc(OC)c(OC)c3CC(=O)N1CC2. The molecular formula is C28H29NO5S. The normalized spacial score (nSPS) is 18.6. The average molecular weight is 492 g/mol. The van der Waals surface area contributed by atoms with E-state index in [0.717, 1.165) is 28.0 Å². The van der Waals surface area contributed by atoms with Crippen LogP contribution in [0, 0.1) is 0 Å². The molecule has 7 heteroatoms. The van der Waals surface area contributed by atoms with Crippen LogP contribution in [0.5, 0.6) is 23.0 Å².